The lowest BCUT2D eigenvalue weighted by Crippen LogP contribution is -2.04. The van der Waals surface area contributed by atoms with E-state index in [4.69, 9.17) is 5.41 Å². The Morgan fingerprint density at radius 1 is 1.46 bits per heavy atom. The number of ether oxygens (including phenoxy) is 1. The first-order chi connectivity index (χ1) is 6.22. The first-order valence-electron chi connectivity index (χ1n) is 3.64. The van der Waals surface area contributed by atoms with Crippen molar-refractivity contribution in [1.82, 2.24) is 0 Å². The van der Waals surface area contributed by atoms with Crippen molar-refractivity contribution >= 4 is 12.2 Å². The van der Waals surface area contributed by atoms with Gasteiger partial charge in [0.15, 0.2) is 0 Å². The Labute approximate surface area is 74.7 Å². The number of hydrogen-bond acceptors (Lipinski definition) is 3. The van der Waals surface area contributed by atoms with E-state index in [0.717, 1.165) is 0 Å². The van der Waals surface area contributed by atoms with Crippen molar-refractivity contribution in [1.29, 1.82) is 5.41 Å². The summed E-state index contributed by atoms with van der Waals surface area (Å²) in [6.07, 6.45) is 0.587. The molecule has 0 heterocycles. The molecular weight excluding hydrogens is 173 g/mol. The molecule has 0 fully saturated rings. The van der Waals surface area contributed by atoms with Crippen molar-refractivity contribution in [2.24, 2.45) is 0 Å². The standard InChI is InChI=1S/C9H8FNO2/c10-8-3-1-7(2-4-8)6-13-9(12)5-11/h1-5,11H,6H2. The smallest absolute Gasteiger partial charge is 0.348 e. The van der Waals surface area contributed by atoms with Crippen LogP contribution in [0.2, 0.25) is 0 Å². The van der Waals surface area contributed by atoms with E-state index in [2.05, 4.69) is 4.74 Å². The number of carbonyl (C=O) groups is 1. The molecular formula is C9H8FNO2. The molecule has 68 valence electrons. The first-order valence-corrected chi connectivity index (χ1v) is 3.64. The lowest BCUT2D eigenvalue weighted by atomic mass is 10.2. The van der Waals surface area contributed by atoms with Gasteiger partial charge in [0.25, 0.3) is 0 Å². The lowest BCUT2D eigenvalue weighted by Gasteiger charge is -2.00. The highest BCUT2D eigenvalue weighted by molar-refractivity contribution is 6.21. The Morgan fingerprint density at radius 2 is 2.08 bits per heavy atom. The first kappa shape index (κ1) is 9.38. The van der Waals surface area contributed by atoms with Crippen molar-refractivity contribution in [2.75, 3.05) is 0 Å². The van der Waals surface area contributed by atoms with Crippen LogP contribution in [0.15, 0.2) is 24.3 Å². The molecule has 0 amide bonds. The monoisotopic (exact) mass is 181 g/mol. The van der Waals surface area contributed by atoms with E-state index < -0.39 is 5.97 Å². The summed E-state index contributed by atoms with van der Waals surface area (Å²) in [6.45, 7) is 0.0640. The molecule has 0 spiro atoms. The van der Waals surface area contributed by atoms with Crippen LogP contribution in [0, 0.1) is 11.2 Å². The highest BCUT2D eigenvalue weighted by Crippen LogP contribution is 2.03. The molecule has 0 saturated carbocycles. The van der Waals surface area contributed by atoms with Crippen LogP contribution in [0.5, 0.6) is 0 Å². The van der Waals surface area contributed by atoms with Crippen LogP contribution in [0.3, 0.4) is 0 Å². The summed E-state index contributed by atoms with van der Waals surface area (Å²) >= 11 is 0. The lowest BCUT2D eigenvalue weighted by molar-refractivity contribution is -0.136. The van der Waals surface area contributed by atoms with Gasteiger partial charge >= 0.3 is 5.97 Å². The van der Waals surface area contributed by atoms with Gasteiger partial charge in [-0.15, -0.1) is 0 Å². The predicted octanol–water partition coefficient (Wildman–Crippen LogP) is 1.52. The molecule has 0 radical (unpaired) electrons. The van der Waals surface area contributed by atoms with Crippen molar-refractivity contribution in [3.8, 4) is 0 Å². The molecule has 0 bridgehead atoms. The van der Waals surface area contributed by atoms with E-state index in [1.807, 2.05) is 0 Å². The number of hydrogen-bond donors (Lipinski definition) is 1. The molecule has 0 aliphatic heterocycles. The van der Waals surface area contributed by atoms with Crippen LogP contribution >= 0.6 is 0 Å². The number of nitrogens with one attached hydrogen (secondary N) is 1. The SMILES string of the molecule is N=CC(=O)OCc1ccc(F)cc1. The summed E-state index contributed by atoms with van der Waals surface area (Å²) in [5.74, 6) is -1.04. The van der Waals surface area contributed by atoms with Gasteiger partial charge < -0.3 is 10.1 Å². The van der Waals surface area contributed by atoms with Gasteiger partial charge in [0.2, 0.25) is 0 Å². The highest BCUT2D eigenvalue weighted by atomic mass is 19.1. The fourth-order valence-corrected chi connectivity index (χ4v) is 0.777. The molecule has 0 saturated heterocycles. The number of rotatable bonds is 3. The van der Waals surface area contributed by atoms with Crippen LogP contribution in [0.25, 0.3) is 0 Å². The van der Waals surface area contributed by atoms with Crippen molar-refractivity contribution in [3.63, 3.8) is 0 Å². The minimum atomic E-state index is -0.704. The molecule has 1 aromatic rings. The zero-order valence-electron chi connectivity index (χ0n) is 6.79. The number of carbonyl (C=O) groups excluding carboxylic acids is 1. The maximum atomic E-state index is 12.4. The number of esters is 1. The van der Waals surface area contributed by atoms with Crippen LogP contribution in [-0.4, -0.2) is 12.2 Å². The third-order valence-corrected chi connectivity index (χ3v) is 1.41. The Bertz CT molecular complexity index is 308. The second kappa shape index (κ2) is 4.35. The Balaban J connectivity index is 2.50. The van der Waals surface area contributed by atoms with E-state index in [1.54, 1.807) is 0 Å². The zero-order valence-corrected chi connectivity index (χ0v) is 6.79. The van der Waals surface area contributed by atoms with Gasteiger partial charge in [0.05, 0.1) is 0 Å². The molecule has 0 aromatic heterocycles. The van der Waals surface area contributed by atoms with Crippen molar-refractivity contribution < 1.29 is 13.9 Å². The molecule has 1 N–H and O–H groups in total. The van der Waals surface area contributed by atoms with Crippen molar-refractivity contribution in [2.45, 2.75) is 6.61 Å². The van der Waals surface area contributed by atoms with E-state index in [1.165, 1.54) is 24.3 Å². The van der Waals surface area contributed by atoms with E-state index in [0.29, 0.717) is 11.8 Å². The van der Waals surface area contributed by atoms with Crippen molar-refractivity contribution in [3.05, 3.63) is 35.6 Å². The normalized spacial score (nSPS) is 9.31. The maximum Gasteiger partial charge on any atom is 0.348 e. The van der Waals surface area contributed by atoms with Crippen LogP contribution < -0.4 is 0 Å². The molecule has 3 nitrogen and oxygen atoms in total. The average Bonchev–Trinajstić information content (AvgIpc) is 2.16. The third-order valence-electron chi connectivity index (χ3n) is 1.41. The van der Waals surface area contributed by atoms with Gasteiger partial charge in [-0.05, 0) is 17.7 Å². The average molecular weight is 181 g/mol. The Kier molecular flexibility index (Phi) is 3.14. The second-order valence-corrected chi connectivity index (χ2v) is 2.38. The Morgan fingerprint density at radius 3 is 2.62 bits per heavy atom. The highest BCUT2D eigenvalue weighted by Gasteiger charge is 1.98. The van der Waals surface area contributed by atoms with Gasteiger partial charge in [-0.2, -0.15) is 0 Å². The fourth-order valence-electron chi connectivity index (χ4n) is 0.777. The molecule has 0 atom stereocenters. The summed E-state index contributed by atoms with van der Waals surface area (Å²) < 4.78 is 17.0. The quantitative estimate of drug-likeness (QED) is 0.567. The molecule has 1 aromatic carbocycles. The number of benzene rings is 1. The molecule has 0 unspecified atom stereocenters. The number of halogens is 1. The van der Waals surface area contributed by atoms with Gasteiger partial charge in [-0.1, -0.05) is 12.1 Å². The van der Waals surface area contributed by atoms with Crippen LogP contribution in [0.4, 0.5) is 4.39 Å². The minimum Gasteiger partial charge on any atom is -0.457 e. The molecule has 4 heteroatoms. The fraction of sp³-hybridized carbons (Fsp3) is 0.111. The molecule has 1 rings (SSSR count). The van der Waals surface area contributed by atoms with Gasteiger partial charge in [-0.3, -0.25) is 0 Å². The van der Waals surface area contributed by atoms with Gasteiger partial charge in [-0.25, -0.2) is 9.18 Å². The van der Waals surface area contributed by atoms with Crippen LogP contribution in [-0.2, 0) is 16.1 Å². The Hall–Kier alpha value is -1.71. The molecule has 13 heavy (non-hydrogen) atoms. The predicted molar refractivity (Wildman–Crippen MR) is 45.0 cm³/mol. The minimum absolute atomic E-state index is 0.0640. The van der Waals surface area contributed by atoms with E-state index in [9.17, 15) is 9.18 Å². The van der Waals surface area contributed by atoms with E-state index >= 15 is 0 Å². The largest absolute Gasteiger partial charge is 0.457 e. The summed E-state index contributed by atoms with van der Waals surface area (Å²) in [6, 6.07) is 5.61. The summed E-state index contributed by atoms with van der Waals surface area (Å²) in [7, 11) is 0. The third kappa shape index (κ3) is 3.02. The molecule has 0 aliphatic rings. The van der Waals surface area contributed by atoms with Gasteiger partial charge in [0.1, 0.15) is 18.6 Å². The second-order valence-electron chi connectivity index (χ2n) is 2.38. The topological polar surface area (TPSA) is 50.2 Å². The zero-order chi connectivity index (χ0) is 9.68. The summed E-state index contributed by atoms with van der Waals surface area (Å²) in [5, 5.41) is 6.55. The summed E-state index contributed by atoms with van der Waals surface area (Å²) in [4.78, 5) is 10.5. The van der Waals surface area contributed by atoms with E-state index in [-0.39, 0.29) is 12.4 Å². The summed E-state index contributed by atoms with van der Waals surface area (Å²) in [5.41, 5.74) is 0.691. The molecule has 0 aliphatic carbocycles. The van der Waals surface area contributed by atoms with Crippen LogP contribution in [0.1, 0.15) is 5.56 Å². The van der Waals surface area contributed by atoms with Gasteiger partial charge in [0, 0.05) is 0 Å². The maximum absolute atomic E-state index is 12.4.